The molecule has 0 bridgehead atoms. The van der Waals surface area contributed by atoms with Gasteiger partial charge in [-0.15, -0.1) is 0 Å². The minimum Gasteiger partial charge on any atom is -0.326 e. The van der Waals surface area contributed by atoms with Crippen LogP contribution in [0.15, 0.2) is 18.2 Å². The Labute approximate surface area is 103 Å². The second-order valence-electron chi connectivity index (χ2n) is 4.83. The highest BCUT2D eigenvalue weighted by Crippen LogP contribution is 2.17. The summed E-state index contributed by atoms with van der Waals surface area (Å²) in [6, 6.07) is 5.92. The normalized spacial score (nSPS) is 10.6. The van der Waals surface area contributed by atoms with E-state index >= 15 is 0 Å². The third-order valence-corrected chi connectivity index (χ3v) is 2.76. The zero-order valence-corrected chi connectivity index (χ0v) is 10.9. The molecular weight excluding hydrogens is 212 g/mol. The van der Waals surface area contributed by atoms with Gasteiger partial charge in [0, 0.05) is 18.7 Å². The minimum atomic E-state index is 0.0796. The third-order valence-electron chi connectivity index (χ3n) is 2.76. The van der Waals surface area contributed by atoms with Crippen LogP contribution in [0.5, 0.6) is 0 Å². The van der Waals surface area contributed by atoms with Crippen LogP contribution < -0.4 is 11.1 Å². The van der Waals surface area contributed by atoms with Gasteiger partial charge in [-0.2, -0.15) is 0 Å². The fourth-order valence-corrected chi connectivity index (χ4v) is 1.56. The lowest BCUT2D eigenvalue weighted by atomic mass is 10.1. The fourth-order valence-electron chi connectivity index (χ4n) is 1.56. The quantitative estimate of drug-likeness (QED) is 0.823. The number of hydrogen-bond acceptors (Lipinski definition) is 2. The molecule has 3 nitrogen and oxygen atoms in total. The first kappa shape index (κ1) is 13.7. The highest BCUT2D eigenvalue weighted by atomic mass is 16.1. The first-order valence-electron chi connectivity index (χ1n) is 6.12. The molecule has 0 saturated carbocycles. The SMILES string of the molecule is Cc1ccc(CN)cc1NC(=O)CCC(C)C. The molecule has 0 spiro atoms. The molecule has 3 N–H and O–H groups in total. The van der Waals surface area contributed by atoms with Gasteiger partial charge in [-0.25, -0.2) is 0 Å². The zero-order valence-electron chi connectivity index (χ0n) is 10.9. The van der Waals surface area contributed by atoms with Gasteiger partial charge in [0.25, 0.3) is 0 Å². The summed E-state index contributed by atoms with van der Waals surface area (Å²) in [5.41, 5.74) is 8.57. The van der Waals surface area contributed by atoms with Gasteiger partial charge >= 0.3 is 0 Å². The Kier molecular flexibility index (Phi) is 5.16. The van der Waals surface area contributed by atoms with E-state index in [9.17, 15) is 4.79 Å². The molecule has 0 unspecified atom stereocenters. The summed E-state index contributed by atoms with van der Waals surface area (Å²) in [5.74, 6) is 0.633. The van der Waals surface area contributed by atoms with Gasteiger partial charge < -0.3 is 11.1 Å². The largest absolute Gasteiger partial charge is 0.326 e. The highest BCUT2D eigenvalue weighted by molar-refractivity contribution is 5.91. The standard InChI is InChI=1S/C14H22N2O/c1-10(2)4-7-14(17)16-13-8-12(9-15)6-5-11(13)3/h5-6,8,10H,4,7,9,15H2,1-3H3,(H,16,17). The summed E-state index contributed by atoms with van der Waals surface area (Å²) in [6.45, 7) is 6.72. The molecule has 1 aromatic rings. The number of nitrogens with one attached hydrogen (secondary N) is 1. The van der Waals surface area contributed by atoms with E-state index in [-0.39, 0.29) is 5.91 Å². The summed E-state index contributed by atoms with van der Waals surface area (Å²) in [4.78, 5) is 11.7. The molecule has 1 rings (SSSR count). The molecule has 0 aromatic heterocycles. The third kappa shape index (κ3) is 4.57. The Hall–Kier alpha value is -1.35. The summed E-state index contributed by atoms with van der Waals surface area (Å²) in [5, 5.41) is 2.95. The van der Waals surface area contributed by atoms with Crippen molar-refractivity contribution in [3.63, 3.8) is 0 Å². The van der Waals surface area contributed by atoms with Gasteiger partial charge in [-0.1, -0.05) is 26.0 Å². The van der Waals surface area contributed by atoms with Gasteiger partial charge in [0.15, 0.2) is 0 Å². The molecule has 0 aliphatic rings. The van der Waals surface area contributed by atoms with E-state index in [0.717, 1.165) is 23.2 Å². The van der Waals surface area contributed by atoms with Gasteiger partial charge in [-0.3, -0.25) is 4.79 Å². The molecule has 1 aromatic carbocycles. The van der Waals surface area contributed by atoms with Crippen LogP contribution in [0.1, 0.15) is 37.8 Å². The van der Waals surface area contributed by atoms with Crippen molar-refractivity contribution in [2.45, 2.75) is 40.2 Å². The molecule has 0 aliphatic heterocycles. The second-order valence-corrected chi connectivity index (χ2v) is 4.83. The first-order chi connectivity index (χ1) is 8.02. The Bertz CT molecular complexity index is 386. The average Bonchev–Trinajstić information content (AvgIpc) is 2.29. The number of aryl methyl sites for hydroxylation is 1. The van der Waals surface area contributed by atoms with Crippen molar-refractivity contribution in [2.75, 3.05) is 5.32 Å². The number of hydrogen-bond donors (Lipinski definition) is 2. The minimum absolute atomic E-state index is 0.0796. The molecule has 1 amide bonds. The maximum atomic E-state index is 11.7. The van der Waals surface area contributed by atoms with Gasteiger partial charge in [0.1, 0.15) is 0 Å². The van der Waals surface area contributed by atoms with Crippen LogP contribution >= 0.6 is 0 Å². The van der Waals surface area contributed by atoms with Crippen LogP contribution in [0.2, 0.25) is 0 Å². The van der Waals surface area contributed by atoms with Crippen molar-refractivity contribution in [3.05, 3.63) is 29.3 Å². The maximum absolute atomic E-state index is 11.7. The smallest absolute Gasteiger partial charge is 0.224 e. The zero-order chi connectivity index (χ0) is 12.8. The maximum Gasteiger partial charge on any atom is 0.224 e. The lowest BCUT2D eigenvalue weighted by molar-refractivity contribution is -0.116. The predicted octanol–water partition coefficient (Wildman–Crippen LogP) is 2.83. The number of anilines is 1. The molecule has 0 fully saturated rings. The van der Waals surface area contributed by atoms with Gasteiger partial charge in [0.2, 0.25) is 5.91 Å². The first-order valence-corrected chi connectivity index (χ1v) is 6.12. The molecule has 0 heterocycles. The second kappa shape index (κ2) is 6.40. The number of carbonyl (C=O) groups excluding carboxylic acids is 1. The van der Waals surface area contributed by atoms with Crippen molar-refractivity contribution < 1.29 is 4.79 Å². The highest BCUT2D eigenvalue weighted by Gasteiger charge is 2.06. The summed E-state index contributed by atoms with van der Waals surface area (Å²) in [6.07, 6.45) is 1.49. The topological polar surface area (TPSA) is 55.1 Å². The van der Waals surface area contributed by atoms with E-state index in [1.54, 1.807) is 0 Å². The van der Waals surface area contributed by atoms with Crippen molar-refractivity contribution in [3.8, 4) is 0 Å². The van der Waals surface area contributed by atoms with Crippen molar-refractivity contribution in [2.24, 2.45) is 11.7 Å². The average molecular weight is 234 g/mol. The lowest BCUT2D eigenvalue weighted by Crippen LogP contribution is -2.13. The monoisotopic (exact) mass is 234 g/mol. The van der Waals surface area contributed by atoms with E-state index in [1.165, 1.54) is 0 Å². The molecule has 3 heteroatoms. The van der Waals surface area contributed by atoms with E-state index in [2.05, 4.69) is 19.2 Å². The van der Waals surface area contributed by atoms with E-state index < -0.39 is 0 Å². The Balaban J connectivity index is 2.64. The molecule has 0 radical (unpaired) electrons. The number of amides is 1. The number of benzene rings is 1. The Morgan fingerprint density at radius 3 is 2.71 bits per heavy atom. The molecule has 17 heavy (non-hydrogen) atoms. The molecule has 0 aliphatic carbocycles. The number of carbonyl (C=O) groups is 1. The lowest BCUT2D eigenvalue weighted by Gasteiger charge is -2.10. The predicted molar refractivity (Wildman–Crippen MR) is 71.8 cm³/mol. The Morgan fingerprint density at radius 1 is 1.41 bits per heavy atom. The van der Waals surface area contributed by atoms with Crippen LogP contribution in [0.25, 0.3) is 0 Å². The molecule has 0 atom stereocenters. The van der Waals surface area contributed by atoms with E-state index in [1.807, 2.05) is 25.1 Å². The van der Waals surface area contributed by atoms with Crippen molar-refractivity contribution in [1.29, 1.82) is 0 Å². The number of rotatable bonds is 5. The van der Waals surface area contributed by atoms with E-state index in [0.29, 0.717) is 18.9 Å². The van der Waals surface area contributed by atoms with Crippen molar-refractivity contribution in [1.82, 2.24) is 0 Å². The Morgan fingerprint density at radius 2 is 2.12 bits per heavy atom. The van der Waals surface area contributed by atoms with Gasteiger partial charge in [-0.05, 0) is 36.5 Å². The molecule has 0 saturated heterocycles. The van der Waals surface area contributed by atoms with Gasteiger partial charge in [0.05, 0.1) is 0 Å². The van der Waals surface area contributed by atoms with Crippen LogP contribution in [0, 0.1) is 12.8 Å². The summed E-state index contributed by atoms with van der Waals surface area (Å²) < 4.78 is 0. The fraction of sp³-hybridized carbons (Fsp3) is 0.500. The van der Waals surface area contributed by atoms with Crippen LogP contribution in [-0.4, -0.2) is 5.91 Å². The van der Waals surface area contributed by atoms with Crippen LogP contribution in [0.3, 0.4) is 0 Å². The van der Waals surface area contributed by atoms with Crippen LogP contribution in [0.4, 0.5) is 5.69 Å². The molecular formula is C14H22N2O. The van der Waals surface area contributed by atoms with Crippen LogP contribution in [-0.2, 0) is 11.3 Å². The van der Waals surface area contributed by atoms with Crippen molar-refractivity contribution >= 4 is 11.6 Å². The summed E-state index contributed by atoms with van der Waals surface area (Å²) in [7, 11) is 0. The summed E-state index contributed by atoms with van der Waals surface area (Å²) >= 11 is 0. The number of nitrogens with two attached hydrogens (primary N) is 1. The van der Waals surface area contributed by atoms with E-state index in [4.69, 9.17) is 5.73 Å². The molecule has 94 valence electrons.